The lowest BCUT2D eigenvalue weighted by Crippen LogP contribution is -2.38. The van der Waals surface area contributed by atoms with Gasteiger partial charge in [0.2, 0.25) is 0 Å². The molecule has 0 saturated carbocycles. The van der Waals surface area contributed by atoms with E-state index >= 15 is 0 Å². The van der Waals surface area contributed by atoms with E-state index < -0.39 is 10.9 Å². The normalized spacial score (nSPS) is 12.0. The van der Waals surface area contributed by atoms with Crippen LogP contribution in [0.25, 0.3) is 11.1 Å². The summed E-state index contributed by atoms with van der Waals surface area (Å²) in [4.78, 5) is 24.2. The van der Waals surface area contributed by atoms with Crippen molar-refractivity contribution in [1.29, 1.82) is 0 Å². The highest BCUT2D eigenvalue weighted by atomic mass is 35.5. The molecule has 0 aromatic heterocycles. The maximum atomic E-state index is 12.1. The summed E-state index contributed by atoms with van der Waals surface area (Å²) < 4.78 is 0. The molecule has 0 aliphatic carbocycles. The molecule has 136 valence electrons. The highest BCUT2D eigenvalue weighted by Gasteiger charge is 2.35. The number of para-hydroxylation sites is 1. The fraction of sp³-hybridized carbons (Fsp3) is 0. The van der Waals surface area contributed by atoms with Gasteiger partial charge in [-0.15, -0.1) is 0 Å². The molecule has 4 aromatic carbocycles. The molecule has 0 bridgehead atoms. The van der Waals surface area contributed by atoms with Crippen LogP contribution >= 0.6 is 11.6 Å². The molecule has 4 aromatic rings. The van der Waals surface area contributed by atoms with Gasteiger partial charge in [0.25, 0.3) is 10.9 Å². The number of anilines is 5. The molecule has 0 amide bonds. The molecule has 0 unspecified atom stereocenters. The number of hydrazine groups is 1. The first-order valence-electron chi connectivity index (χ1n) is 8.74. The van der Waals surface area contributed by atoms with E-state index in [0.29, 0.717) is 10.7 Å². The summed E-state index contributed by atoms with van der Waals surface area (Å²) >= 11 is 5.89. The molecular formula is C22H14ClN3O2. The number of nitrogens with one attached hydrogen (secondary N) is 2. The second-order valence-corrected chi connectivity index (χ2v) is 6.96. The Balaban J connectivity index is 1.42. The van der Waals surface area contributed by atoms with Gasteiger partial charge < -0.3 is 5.32 Å². The van der Waals surface area contributed by atoms with Crippen molar-refractivity contribution in [2.24, 2.45) is 0 Å². The van der Waals surface area contributed by atoms with E-state index in [1.807, 2.05) is 53.5 Å². The zero-order valence-electron chi connectivity index (χ0n) is 14.6. The summed E-state index contributed by atoms with van der Waals surface area (Å²) in [5.74, 6) is 0. The van der Waals surface area contributed by atoms with Gasteiger partial charge in [-0.3, -0.25) is 20.0 Å². The molecule has 1 aliphatic heterocycles. The zero-order valence-corrected chi connectivity index (χ0v) is 15.3. The Hall–Kier alpha value is -3.57. The van der Waals surface area contributed by atoms with Gasteiger partial charge in [-0.05, 0) is 35.9 Å². The van der Waals surface area contributed by atoms with E-state index in [1.54, 1.807) is 24.3 Å². The predicted molar refractivity (Wildman–Crippen MR) is 114 cm³/mol. The van der Waals surface area contributed by atoms with Crippen LogP contribution in [0.4, 0.5) is 28.4 Å². The zero-order chi connectivity index (χ0) is 19.3. The average Bonchev–Trinajstić information content (AvgIpc) is 3.45. The second-order valence-electron chi connectivity index (χ2n) is 6.53. The molecule has 5 nitrogen and oxygen atoms in total. The second kappa shape index (κ2) is 6.25. The molecule has 1 aliphatic rings. The molecule has 0 saturated heterocycles. The van der Waals surface area contributed by atoms with Crippen molar-refractivity contribution in [3.05, 3.63) is 98.3 Å². The number of halogens is 1. The third-order valence-electron chi connectivity index (χ3n) is 4.76. The summed E-state index contributed by atoms with van der Waals surface area (Å²) in [5, 5.41) is 5.43. The first kappa shape index (κ1) is 16.6. The molecule has 2 N–H and O–H groups in total. The van der Waals surface area contributed by atoms with Crippen molar-refractivity contribution in [2.45, 2.75) is 0 Å². The lowest BCUT2D eigenvalue weighted by atomic mass is 10.1. The van der Waals surface area contributed by atoms with Crippen LogP contribution in [0.5, 0.6) is 0 Å². The van der Waals surface area contributed by atoms with E-state index in [1.165, 1.54) is 0 Å². The smallest absolute Gasteiger partial charge is 0.255 e. The van der Waals surface area contributed by atoms with E-state index in [-0.39, 0.29) is 11.4 Å². The van der Waals surface area contributed by atoms with Gasteiger partial charge in [0.05, 0.1) is 11.4 Å². The molecule has 0 spiro atoms. The van der Waals surface area contributed by atoms with Gasteiger partial charge in [0.15, 0.2) is 0 Å². The van der Waals surface area contributed by atoms with Crippen LogP contribution in [0, 0.1) is 0 Å². The van der Waals surface area contributed by atoms with Crippen LogP contribution in [0.3, 0.4) is 0 Å². The van der Waals surface area contributed by atoms with Crippen LogP contribution in [0.1, 0.15) is 0 Å². The first-order chi connectivity index (χ1) is 13.6. The Labute approximate surface area is 165 Å². The third-order valence-corrected chi connectivity index (χ3v) is 5.01. The van der Waals surface area contributed by atoms with Crippen LogP contribution in [-0.2, 0) is 0 Å². The minimum Gasteiger partial charge on any atom is -0.350 e. The Morgan fingerprint density at radius 1 is 0.750 bits per heavy atom. The van der Waals surface area contributed by atoms with Crippen LogP contribution in [-0.4, -0.2) is 0 Å². The Morgan fingerprint density at radius 3 is 2.21 bits per heavy atom. The molecular weight excluding hydrogens is 374 g/mol. The van der Waals surface area contributed by atoms with Gasteiger partial charge in [-0.2, -0.15) is 0 Å². The van der Waals surface area contributed by atoms with Crippen molar-refractivity contribution in [1.82, 2.24) is 0 Å². The highest BCUT2D eigenvalue weighted by molar-refractivity contribution is 6.30. The summed E-state index contributed by atoms with van der Waals surface area (Å²) in [5.41, 5.74) is 7.35. The van der Waals surface area contributed by atoms with E-state index in [9.17, 15) is 9.59 Å². The maximum Gasteiger partial charge on any atom is 0.255 e. The number of hydrogen-bond donors (Lipinski definition) is 2. The third kappa shape index (κ3) is 2.64. The van der Waals surface area contributed by atoms with E-state index in [0.717, 1.165) is 22.5 Å². The standard InChI is InChI=1S/C22H14ClN3O2/c23-14-9-11-15(12-10-14)24-18-19(22(28)21(18)27)25-26-17-8-4-7-16(20(17)26)13-5-2-1-3-6-13/h1-12,24-25H. The Bertz CT molecular complexity index is 1260. The molecule has 0 atom stereocenters. The van der Waals surface area contributed by atoms with Crippen molar-refractivity contribution in [3.8, 4) is 11.1 Å². The lowest BCUT2D eigenvalue weighted by molar-refractivity contribution is 1.26. The van der Waals surface area contributed by atoms with Gasteiger partial charge in [0, 0.05) is 16.3 Å². The summed E-state index contributed by atoms with van der Waals surface area (Å²) in [6, 6.07) is 22.9. The van der Waals surface area contributed by atoms with Gasteiger partial charge in [-0.25, -0.2) is 0 Å². The molecule has 5 rings (SSSR count). The quantitative estimate of drug-likeness (QED) is 0.379. The van der Waals surface area contributed by atoms with Gasteiger partial charge in [-0.1, -0.05) is 54.1 Å². The minimum atomic E-state index is -0.536. The average molecular weight is 388 g/mol. The summed E-state index contributed by atoms with van der Waals surface area (Å²) in [6.45, 7) is 0. The van der Waals surface area contributed by atoms with Crippen molar-refractivity contribution < 1.29 is 0 Å². The predicted octanol–water partition coefficient (Wildman–Crippen LogP) is 4.83. The minimum absolute atomic E-state index is 0.256. The van der Waals surface area contributed by atoms with E-state index in [2.05, 4.69) is 10.7 Å². The van der Waals surface area contributed by atoms with E-state index in [4.69, 9.17) is 11.6 Å². The Morgan fingerprint density at radius 2 is 1.46 bits per heavy atom. The number of nitrogens with zero attached hydrogens (tertiary/aromatic N) is 1. The largest absolute Gasteiger partial charge is 0.350 e. The van der Waals surface area contributed by atoms with Crippen molar-refractivity contribution in [2.75, 3.05) is 15.8 Å². The van der Waals surface area contributed by atoms with Crippen molar-refractivity contribution in [3.63, 3.8) is 0 Å². The van der Waals surface area contributed by atoms with Gasteiger partial charge >= 0.3 is 0 Å². The molecule has 6 heteroatoms. The number of fused-ring (bicyclic) bond motifs is 1. The van der Waals surface area contributed by atoms with Crippen molar-refractivity contribution >= 4 is 40.0 Å². The monoisotopic (exact) mass is 387 g/mol. The van der Waals surface area contributed by atoms with Gasteiger partial charge in [0.1, 0.15) is 11.4 Å². The lowest BCUT2D eigenvalue weighted by Gasteiger charge is -2.16. The molecule has 0 fully saturated rings. The first-order valence-corrected chi connectivity index (χ1v) is 9.12. The van der Waals surface area contributed by atoms with Crippen LogP contribution in [0.15, 0.2) is 82.4 Å². The number of rotatable bonds is 5. The maximum absolute atomic E-state index is 12.1. The summed E-state index contributed by atoms with van der Waals surface area (Å²) in [7, 11) is 0. The molecule has 0 radical (unpaired) electrons. The fourth-order valence-electron chi connectivity index (χ4n) is 3.28. The Kier molecular flexibility index (Phi) is 3.70. The number of benzene rings is 3. The SMILES string of the molecule is O=c1c(Nc2ccc(Cl)cc2)c(NN2c3cccc(-c4ccccc4)c32)c1=O. The number of hydrogen-bond acceptors (Lipinski definition) is 5. The summed E-state index contributed by atoms with van der Waals surface area (Å²) in [6.07, 6.45) is 0. The van der Waals surface area contributed by atoms with Crippen LogP contribution < -0.4 is 26.6 Å². The topological polar surface area (TPSA) is 61.2 Å². The highest BCUT2D eigenvalue weighted by Crippen LogP contribution is 2.53. The van der Waals surface area contributed by atoms with Crippen LogP contribution in [0.2, 0.25) is 5.02 Å². The molecule has 1 heterocycles. The molecule has 28 heavy (non-hydrogen) atoms. The fourth-order valence-corrected chi connectivity index (χ4v) is 3.40.